The zero-order valence-corrected chi connectivity index (χ0v) is 11.3. The summed E-state index contributed by atoms with van der Waals surface area (Å²) in [4.78, 5) is 2.39. The SMILES string of the molecule is Cc1cccc(/C(N)=N/O)c1OCCN1CCCC1. The van der Waals surface area contributed by atoms with Gasteiger partial charge in [-0.15, -0.1) is 0 Å². The van der Waals surface area contributed by atoms with Crippen LogP contribution in [0.3, 0.4) is 0 Å². The lowest BCUT2D eigenvalue weighted by molar-refractivity contribution is 0.236. The van der Waals surface area contributed by atoms with Crippen molar-refractivity contribution in [2.24, 2.45) is 10.9 Å². The molecule has 2 rings (SSSR count). The van der Waals surface area contributed by atoms with Crippen LogP contribution in [0.4, 0.5) is 0 Å². The lowest BCUT2D eigenvalue weighted by atomic mass is 10.1. The van der Waals surface area contributed by atoms with E-state index in [0.29, 0.717) is 17.9 Å². The van der Waals surface area contributed by atoms with Crippen LogP contribution in [0.1, 0.15) is 24.0 Å². The standard InChI is InChI=1S/C14H21N3O2/c1-11-5-4-6-12(14(15)16-18)13(11)19-10-9-17-7-2-3-8-17/h4-6,18H,2-3,7-10H2,1H3,(H2,15,16). The van der Waals surface area contributed by atoms with Crippen molar-refractivity contribution < 1.29 is 9.94 Å². The third kappa shape index (κ3) is 3.38. The van der Waals surface area contributed by atoms with E-state index < -0.39 is 0 Å². The number of nitrogens with zero attached hydrogens (tertiary/aromatic N) is 2. The first-order valence-electron chi connectivity index (χ1n) is 6.65. The van der Waals surface area contributed by atoms with Crippen molar-refractivity contribution in [2.75, 3.05) is 26.2 Å². The van der Waals surface area contributed by atoms with Crippen LogP contribution in [0, 0.1) is 6.92 Å². The molecule has 0 aliphatic carbocycles. The first-order chi connectivity index (χ1) is 9.22. The molecule has 1 aliphatic heterocycles. The number of oxime groups is 1. The Kier molecular flexibility index (Phi) is 4.63. The van der Waals surface area contributed by atoms with Gasteiger partial charge in [0.15, 0.2) is 5.84 Å². The van der Waals surface area contributed by atoms with E-state index in [0.717, 1.165) is 25.2 Å². The van der Waals surface area contributed by atoms with Crippen LogP contribution in [-0.4, -0.2) is 42.2 Å². The fourth-order valence-corrected chi connectivity index (χ4v) is 2.38. The van der Waals surface area contributed by atoms with E-state index in [1.54, 1.807) is 6.07 Å². The molecule has 1 aliphatic rings. The molecule has 1 saturated heterocycles. The Morgan fingerprint density at radius 3 is 2.84 bits per heavy atom. The highest BCUT2D eigenvalue weighted by Crippen LogP contribution is 2.23. The predicted octanol–water partition coefficient (Wildman–Crippen LogP) is 1.56. The summed E-state index contributed by atoms with van der Waals surface area (Å²) in [7, 11) is 0. The van der Waals surface area contributed by atoms with Crippen LogP contribution < -0.4 is 10.5 Å². The minimum Gasteiger partial charge on any atom is -0.491 e. The summed E-state index contributed by atoms with van der Waals surface area (Å²) in [5.74, 6) is 0.789. The van der Waals surface area contributed by atoms with Crippen LogP contribution in [0.5, 0.6) is 5.75 Å². The number of amidine groups is 1. The van der Waals surface area contributed by atoms with Crippen LogP contribution in [0.25, 0.3) is 0 Å². The van der Waals surface area contributed by atoms with Crippen LogP contribution in [-0.2, 0) is 0 Å². The molecule has 19 heavy (non-hydrogen) atoms. The monoisotopic (exact) mass is 263 g/mol. The van der Waals surface area contributed by atoms with Gasteiger partial charge in [-0.1, -0.05) is 17.3 Å². The summed E-state index contributed by atoms with van der Waals surface area (Å²) in [5, 5.41) is 11.9. The van der Waals surface area contributed by atoms with Gasteiger partial charge < -0.3 is 15.7 Å². The van der Waals surface area contributed by atoms with Crippen molar-refractivity contribution in [3.05, 3.63) is 29.3 Å². The molecular weight excluding hydrogens is 242 g/mol. The molecule has 0 aromatic heterocycles. The molecule has 1 aromatic carbocycles. The molecule has 1 aromatic rings. The summed E-state index contributed by atoms with van der Waals surface area (Å²) in [6.07, 6.45) is 2.56. The highest BCUT2D eigenvalue weighted by Gasteiger charge is 2.13. The Hall–Kier alpha value is -1.75. The highest BCUT2D eigenvalue weighted by atomic mass is 16.5. The smallest absolute Gasteiger partial charge is 0.173 e. The summed E-state index contributed by atoms with van der Waals surface area (Å²) in [6.45, 7) is 5.81. The number of aryl methyl sites for hydroxylation is 1. The lowest BCUT2D eigenvalue weighted by Gasteiger charge is -2.17. The number of nitrogens with two attached hydrogens (primary N) is 1. The van der Waals surface area contributed by atoms with Gasteiger partial charge in [0.05, 0.1) is 5.56 Å². The molecule has 0 atom stereocenters. The molecule has 5 heteroatoms. The third-order valence-corrected chi connectivity index (χ3v) is 3.45. The largest absolute Gasteiger partial charge is 0.491 e. The van der Waals surface area contributed by atoms with E-state index >= 15 is 0 Å². The van der Waals surface area contributed by atoms with Crippen molar-refractivity contribution in [3.63, 3.8) is 0 Å². The van der Waals surface area contributed by atoms with E-state index in [4.69, 9.17) is 15.7 Å². The molecule has 5 nitrogen and oxygen atoms in total. The number of para-hydroxylation sites is 1. The average molecular weight is 263 g/mol. The van der Waals surface area contributed by atoms with E-state index in [9.17, 15) is 0 Å². The van der Waals surface area contributed by atoms with Gasteiger partial charge >= 0.3 is 0 Å². The molecule has 0 unspecified atom stereocenters. The lowest BCUT2D eigenvalue weighted by Crippen LogP contribution is -2.25. The van der Waals surface area contributed by atoms with Crippen molar-refractivity contribution in [1.29, 1.82) is 0 Å². The van der Waals surface area contributed by atoms with Crippen LogP contribution in [0.15, 0.2) is 23.4 Å². The van der Waals surface area contributed by atoms with Gasteiger partial charge in [-0.2, -0.15) is 0 Å². The maximum absolute atomic E-state index is 8.80. The molecule has 1 heterocycles. The van der Waals surface area contributed by atoms with E-state index in [1.165, 1.54) is 12.8 Å². The fourth-order valence-electron chi connectivity index (χ4n) is 2.38. The van der Waals surface area contributed by atoms with E-state index in [2.05, 4.69) is 10.1 Å². The summed E-state index contributed by atoms with van der Waals surface area (Å²) < 4.78 is 5.84. The van der Waals surface area contributed by atoms with E-state index in [-0.39, 0.29) is 5.84 Å². The maximum Gasteiger partial charge on any atom is 0.173 e. The topological polar surface area (TPSA) is 71.1 Å². The van der Waals surface area contributed by atoms with Crippen molar-refractivity contribution in [3.8, 4) is 5.75 Å². The fraction of sp³-hybridized carbons (Fsp3) is 0.500. The third-order valence-electron chi connectivity index (χ3n) is 3.45. The van der Waals surface area contributed by atoms with Gasteiger partial charge in [-0.05, 0) is 44.5 Å². The minimum absolute atomic E-state index is 0.0832. The van der Waals surface area contributed by atoms with Gasteiger partial charge in [0.25, 0.3) is 0 Å². The number of ether oxygens (including phenoxy) is 1. The second kappa shape index (κ2) is 6.43. The Morgan fingerprint density at radius 2 is 2.16 bits per heavy atom. The van der Waals surface area contributed by atoms with Gasteiger partial charge in [0.2, 0.25) is 0 Å². The van der Waals surface area contributed by atoms with Gasteiger partial charge in [0, 0.05) is 6.54 Å². The summed E-state index contributed by atoms with van der Waals surface area (Å²) >= 11 is 0. The van der Waals surface area contributed by atoms with Gasteiger partial charge in [-0.3, -0.25) is 4.90 Å². The maximum atomic E-state index is 8.80. The Labute approximate surface area is 113 Å². The molecule has 0 saturated carbocycles. The normalized spacial score (nSPS) is 16.8. The Balaban J connectivity index is 2.01. The Morgan fingerprint density at radius 1 is 1.42 bits per heavy atom. The van der Waals surface area contributed by atoms with Crippen molar-refractivity contribution in [2.45, 2.75) is 19.8 Å². The number of hydrogen-bond acceptors (Lipinski definition) is 4. The number of benzene rings is 1. The average Bonchev–Trinajstić information content (AvgIpc) is 2.93. The summed E-state index contributed by atoms with van der Waals surface area (Å²) in [5.41, 5.74) is 7.30. The van der Waals surface area contributed by atoms with Crippen molar-refractivity contribution in [1.82, 2.24) is 4.90 Å². The van der Waals surface area contributed by atoms with Gasteiger partial charge in [-0.25, -0.2) is 0 Å². The number of hydrogen-bond donors (Lipinski definition) is 2. The minimum atomic E-state index is 0.0832. The molecule has 3 N–H and O–H groups in total. The van der Waals surface area contributed by atoms with Gasteiger partial charge in [0.1, 0.15) is 12.4 Å². The first-order valence-corrected chi connectivity index (χ1v) is 6.65. The predicted molar refractivity (Wildman–Crippen MR) is 74.9 cm³/mol. The van der Waals surface area contributed by atoms with Crippen molar-refractivity contribution >= 4 is 5.84 Å². The summed E-state index contributed by atoms with van der Waals surface area (Å²) in [6, 6.07) is 5.63. The second-order valence-electron chi connectivity index (χ2n) is 4.83. The molecular formula is C14H21N3O2. The Bertz CT molecular complexity index is 454. The molecule has 104 valence electrons. The molecule has 0 spiro atoms. The molecule has 0 radical (unpaired) electrons. The highest BCUT2D eigenvalue weighted by molar-refractivity contribution is 5.99. The molecule has 0 bridgehead atoms. The van der Waals surface area contributed by atoms with Crippen LogP contribution >= 0.6 is 0 Å². The first kappa shape index (κ1) is 13.7. The number of rotatable bonds is 5. The van der Waals surface area contributed by atoms with E-state index in [1.807, 2.05) is 19.1 Å². The zero-order chi connectivity index (χ0) is 13.7. The zero-order valence-electron chi connectivity index (χ0n) is 11.3. The molecule has 0 amide bonds. The molecule has 1 fully saturated rings. The number of likely N-dealkylation sites (tertiary alicyclic amines) is 1. The van der Waals surface area contributed by atoms with Crippen LogP contribution in [0.2, 0.25) is 0 Å². The quantitative estimate of drug-likeness (QED) is 0.366. The second-order valence-corrected chi connectivity index (χ2v) is 4.83.